The number of rotatable bonds is 1. The molecule has 1 nitrogen and oxygen atoms in total. The van der Waals surface area contributed by atoms with Gasteiger partial charge in [0.15, 0.2) is 0 Å². The van der Waals surface area contributed by atoms with Crippen LogP contribution in [-0.2, 0) is 12.4 Å². The Bertz CT molecular complexity index is 657. The third kappa shape index (κ3) is 2.96. The van der Waals surface area contributed by atoms with E-state index in [0.29, 0.717) is 0 Å². The molecule has 0 radical (unpaired) electrons. The number of alkyl halides is 6. The summed E-state index contributed by atoms with van der Waals surface area (Å²) in [6.07, 6.45) is -9.41. The van der Waals surface area contributed by atoms with E-state index in [1.165, 1.54) is 6.07 Å². The van der Waals surface area contributed by atoms with Gasteiger partial charge in [-0.1, -0.05) is 30.3 Å². The third-order valence-corrected chi connectivity index (χ3v) is 2.93. The van der Waals surface area contributed by atoms with Crippen molar-refractivity contribution in [1.82, 2.24) is 0 Å². The minimum Gasteiger partial charge on any atom is -0.398 e. The molecule has 0 unspecified atom stereocenters. The molecule has 2 aromatic carbocycles. The van der Waals surface area contributed by atoms with Gasteiger partial charge in [-0.2, -0.15) is 26.3 Å². The van der Waals surface area contributed by atoms with E-state index in [-0.39, 0.29) is 11.1 Å². The van der Waals surface area contributed by atoms with Crippen LogP contribution in [0.25, 0.3) is 11.1 Å². The molecular weight excluding hydrogens is 296 g/mol. The largest absolute Gasteiger partial charge is 0.418 e. The van der Waals surface area contributed by atoms with E-state index in [1.807, 2.05) is 0 Å². The number of para-hydroxylation sites is 1. The second-order valence-corrected chi connectivity index (χ2v) is 4.31. The van der Waals surface area contributed by atoms with Crippen molar-refractivity contribution in [2.45, 2.75) is 12.4 Å². The second-order valence-electron chi connectivity index (χ2n) is 4.31. The number of benzene rings is 2. The predicted molar refractivity (Wildman–Crippen MR) is 66.3 cm³/mol. The van der Waals surface area contributed by atoms with Gasteiger partial charge in [-0.3, -0.25) is 0 Å². The van der Waals surface area contributed by atoms with Crippen molar-refractivity contribution in [2.75, 3.05) is 5.73 Å². The Balaban J connectivity index is 2.70. The summed E-state index contributed by atoms with van der Waals surface area (Å²) in [5, 5.41) is 0. The van der Waals surface area contributed by atoms with Gasteiger partial charge in [0, 0.05) is 5.56 Å². The van der Waals surface area contributed by atoms with Crippen molar-refractivity contribution in [3.63, 3.8) is 0 Å². The number of hydrogen-bond acceptors (Lipinski definition) is 1. The Morgan fingerprint density at radius 2 is 1.10 bits per heavy atom. The fraction of sp³-hybridized carbons (Fsp3) is 0.143. The summed E-state index contributed by atoms with van der Waals surface area (Å²) in [4.78, 5) is 0. The van der Waals surface area contributed by atoms with Crippen LogP contribution >= 0.6 is 0 Å². The first-order chi connectivity index (χ1) is 9.62. The van der Waals surface area contributed by atoms with Crippen LogP contribution in [0.15, 0.2) is 42.5 Å². The molecule has 0 aromatic heterocycles. The van der Waals surface area contributed by atoms with E-state index in [9.17, 15) is 26.3 Å². The lowest BCUT2D eigenvalue weighted by atomic mass is 9.95. The number of nitrogen functional groups attached to an aromatic ring is 1. The average molecular weight is 305 g/mol. The molecule has 0 heterocycles. The van der Waals surface area contributed by atoms with E-state index in [0.717, 1.165) is 36.4 Å². The maximum absolute atomic E-state index is 12.9. The van der Waals surface area contributed by atoms with Crippen molar-refractivity contribution < 1.29 is 26.3 Å². The molecule has 0 saturated carbocycles. The highest BCUT2D eigenvalue weighted by atomic mass is 19.4. The maximum atomic E-state index is 12.9. The van der Waals surface area contributed by atoms with E-state index >= 15 is 0 Å². The van der Waals surface area contributed by atoms with Crippen molar-refractivity contribution in [1.29, 1.82) is 0 Å². The molecule has 0 aliphatic carbocycles. The summed E-state index contributed by atoms with van der Waals surface area (Å²) in [6, 6.07) is 7.26. The summed E-state index contributed by atoms with van der Waals surface area (Å²) in [5.74, 6) is 0. The standard InChI is InChI=1S/C14H9F6N/c15-13(16,17)10-6-2-1-4-8(10)9-5-3-7-11(12(9)21)14(18,19)20/h1-7H,21H2. The van der Waals surface area contributed by atoms with Crippen LogP contribution in [0.1, 0.15) is 11.1 Å². The average Bonchev–Trinajstić information content (AvgIpc) is 2.36. The zero-order chi connectivity index (χ0) is 15.8. The van der Waals surface area contributed by atoms with E-state index in [4.69, 9.17) is 5.73 Å². The van der Waals surface area contributed by atoms with Gasteiger partial charge in [0.05, 0.1) is 16.8 Å². The van der Waals surface area contributed by atoms with Gasteiger partial charge in [-0.25, -0.2) is 0 Å². The summed E-state index contributed by atoms with van der Waals surface area (Å²) in [7, 11) is 0. The van der Waals surface area contributed by atoms with Crippen molar-refractivity contribution in [3.8, 4) is 11.1 Å². The number of hydrogen-bond donors (Lipinski definition) is 1. The summed E-state index contributed by atoms with van der Waals surface area (Å²) in [6.45, 7) is 0. The third-order valence-electron chi connectivity index (χ3n) is 2.93. The normalized spacial score (nSPS) is 12.5. The van der Waals surface area contributed by atoms with Gasteiger partial charge in [-0.15, -0.1) is 0 Å². The van der Waals surface area contributed by atoms with Gasteiger partial charge in [0.2, 0.25) is 0 Å². The SMILES string of the molecule is Nc1c(-c2ccccc2C(F)(F)F)cccc1C(F)(F)F. The van der Waals surface area contributed by atoms with Gasteiger partial charge in [0.1, 0.15) is 0 Å². The lowest BCUT2D eigenvalue weighted by Gasteiger charge is -2.17. The fourth-order valence-electron chi connectivity index (χ4n) is 2.01. The summed E-state index contributed by atoms with van der Waals surface area (Å²) < 4.78 is 77.1. The Morgan fingerprint density at radius 3 is 1.67 bits per heavy atom. The van der Waals surface area contributed by atoms with Crippen LogP contribution in [0.4, 0.5) is 32.0 Å². The monoisotopic (exact) mass is 305 g/mol. The Morgan fingerprint density at radius 1 is 0.619 bits per heavy atom. The predicted octanol–water partition coefficient (Wildman–Crippen LogP) is 4.97. The van der Waals surface area contributed by atoms with Gasteiger partial charge >= 0.3 is 12.4 Å². The molecule has 0 atom stereocenters. The molecule has 0 fully saturated rings. The van der Waals surface area contributed by atoms with E-state index < -0.39 is 29.2 Å². The van der Waals surface area contributed by atoms with Gasteiger partial charge < -0.3 is 5.73 Å². The highest BCUT2D eigenvalue weighted by Gasteiger charge is 2.36. The lowest BCUT2D eigenvalue weighted by Crippen LogP contribution is -2.11. The molecule has 112 valence electrons. The zero-order valence-electron chi connectivity index (χ0n) is 10.4. The molecule has 7 heteroatoms. The van der Waals surface area contributed by atoms with Crippen molar-refractivity contribution in [2.24, 2.45) is 0 Å². The molecule has 0 spiro atoms. The van der Waals surface area contributed by atoms with Crippen molar-refractivity contribution >= 4 is 5.69 Å². The van der Waals surface area contributed by atoms with Crippen LogP contribution in [0.2, 0.25) is 0 Å². The minimum absolute atomic E-state index is 0.294. The van der Waals surface area contributed by atoms with Crippen molar-refractivity contribution in [3.05, 3.63) is 53.6 Å². The smallest absolute Gasteiger partial charge is 0.398 e. The topological polar surface area (TPSA) is 26.0 Å². The second kappa shape index (κ2) is 4.98. The van der Waals surface area contributed by atoms with Crippen LogP contribution in [0, 0.1) is 0 Å². The highest BCUT2D eigenvalue weighted by molar-refractivity contribution is 5.81. The first kappa shape index (κ1) is 15.2. The first-order valence-corrected chi connectivity index (χ1v) is 5.74. The Labute approximate surface area is 116 Å². The molecule has 0 saturated heterocycles. The van der Waals surface area contributed by atoms with E-state index in [2.05, 4.69) is 0 Å². The number of nitrogens with two attached hydrogens (primary N) is 1. The quantitative estimate of drug-likeness (QED) is 0.584. The van der Waals surface area contributed by atoms with Crippen LogP contribution in [0.3, 0.4) is 0 Å². The molecular formula is C14H9F6N. The summed E-state index contributed by atoms with van der Waals surface area (Å²) in [5.41, 5.74) is 1.84. The fourth-order valence-corrected chi connectivity index (χ4v) is 2.01. The molecule has 0 aliphatic rings. The maximum Gasteiger partial charge on any atom is 0.418 e. The highest BCUT2D eigenvalue weighted by Crippen LogP contribution is 2.42. The summed E-state index contributed by atoms with van der Waals surface area (Å²) >= 11 is 0. The van der Waals surface area contributed by atoms with E-state index in [1.54, 1.807) is 0 Å². The molecule has 0 amide bonds. The zero-order valence-corrected chi connectivity index (χ0v) is 10.4. The number of anilines is 1. The lowest BCUT2D eigenvalue weighted by molar-refractivity contribution is -0.137. The van der Waals surface area contributed by atoms with Crippen LogP contribution in [-0.4, -0.2) is 0 Å². The Kier molecular flexibility index (Phi) is 3.61. The number of halogens is 6. The van der Waals surface area contributed by atoms with Gasteiger partial charge in [-0.05, 0) is 17.7 Å². The Hall–Kier alpha value is -2.18. The molecule has 0 aliphatic heterocycles. The molecule has 21 heavy (non-hydrogen) atoms. The van der Waals surface area contributed by atoms with Gasteiger partial charge in [0.25, 0.3) is 0 Å². The molecule has 2 aromatic rings. The molecule has 2 N–H and O–H groups in total. The molecule has 2 rings (SSSR count). The molecule has 0 bridgehead atoms. The van der Waals surface area contributed by atoms with Crippen LogP contribution in [0.5, 0.6) is 0 Å². The minimum atomic E-state index is -4.73. The first-order valence-electron chi connectivity index (χ1n) is 5.74. The van der Waals surface area contributed by atoms with Crippen LogP contribution < -0.4 is 5.73 Å².